The molecule has 0 bridgehead atoms. The van der Waals surface area contributed by atoms with E-state index in [2.05, 4.69) is 461 Å². The van der Waals surface area contributed by atoms with Crippen LogP contribution >= 0.6 is 0 Å². The second-order valence-electron chi connectivity index (χ2n) is 31.3. The Morgan fingerprint density at radius 1 is 0.0847 bits per heavy atom. The lowest BCUT2D eigenvalue weighted by molar-refractivity contribution is 1.58. The first-order valence-electron chi connectivity index (χ1n) is 40.9. The Labute approximate surface area is 686 Å². The third kappa shape index (κ3) is 12.5. The normalized spacial score (nSPS) is 11.6. The average Bonchev–Trinajstić information content (AvgIpc) is 0.733. The second-order valence-corrected chi connectivity index (χ2v) is 31.3. The lowest BCUT2D eigenvalue weighted by Gasteiger charge is -2.19. The lowest BCUT2D eigenvalue weighted by atomic mass is 9.84. The van der Waals surface area contributed by atoms with E-state index in [0.717, 1.165) is 0 Å². The smallest absolute Gasteiger partial charge is 0.00259 e. The van der Waals surface area contributed by atoms with Gasteiger partial charge in [0.25, 0.3) is 0 Å². The van der Waals surface area contributed by atoms with Crippen LogP contribution in [0.25, 0.3) is 230 Å². The zero-order valence-electron chi connectivity index (χ0n) is 64.9. The number of benzene rings is 23. The van der Waals surface area contributed by atoms with Crippen molar-refractivity contribution in [1.82, 2.24) is 0 Å². The molecule has 0 aliphatic heterocycles. The van der Waals surface area contributed by atoms with E-state index in [1.165, 1.54) is 230 Å². The molecule has 548 valence electrons. The van der Waals surface area contributed by atoms with Crippen LogP contribution in [0.1, 0.15) is 0 Å². The molecule has 0 aliphatic carbocycles. The maximum atomic E-state index is 2.40. The molecule has 0 aliphatic rings. The van der Waals surface area contributed by atoms with Crippen molar-refractivity contribution in [2.24, 2.45) is 0 Å². The van der Waals surface area contributed by atoms with Gasteiger partial charge in [0, 0.05) is 0 Å². The lowest BCUT2D eigenvalue weighted by Crippen LogP contribution is -1.92. The molecule has 0 unspecified atom stereocenters. The van der Waals surface area contributed by atoms with Crippen LogP contribution in [-0.4, -0.2) is 0 Å². The zero-order chi connectivity index (χ0) is 78.0. The fraction of sp³-hybridized carbons (Fsp3) is 0. The summed E-state index contributed by atoms with van der Waals surface area (Å²) in [5, 5.41) is 25.2. The highest BCUT2D eigenvalue weighted by molar-refractivity contribution is 6.25. The first-order valence-corrected chi connectivity index (χ1v) is 40.9. The van der Waals surface area contributed by atoms with E-state index >= 15 is 0 Å². The minimum absolute atomic E-state index is 1.21. The maximum absolute atomic E-state index is 2.40. The van der Waals surface area contributed by atoms with Gasteiger partial charge in [-0.25, -0.2) is 0 Å². The molecular formula is C118H76. The summed E-state index contributed by atoms with van der Waals surface area (Å²) in [6, 6.07) is 170. The van der Waals surface area contributed by atoms with Crippen molar-refractivity contribution in [1.29, 1.82) is 0 Å². The van der Waals surface area contributed by atoms with E-state index in [1.807, 2.05) is 0 Å². The van der Waals surface area contributed by atoms with E-state index in [1.54, 1.807) is 0 Å². The van der Waals surface area contributed by atoms with E-state index < -0.39 is 0 Å². The monoisotopic (exact) mass is 1490 g/mol. The summed E-state index contributed by atoms with van der Waals surface area (Å²) in [6.45, 7) is 0. The van der Waals surface area contributed by atoms with Crippen molar-refractivity contribution in [2.75, 3.05) is 0 Å². The average molecular weight is 1490 g/mol. The van der Waals surface area contributed by atoms with Gasteiger partial charge in [0.15, 0.2) is 0 Å². The zero-order valence-corrected chi connectivity index (χ0v) is 64.9. The standard InChI is InChI=1S/C62H40.C56H36/c1-3-15-41(16-4-1)50-37-51(42-17-5-2-6-18-42)39-52(38-50)62-58-25-13-11-23-56(58)61(57-24-12-14-26-59(57)62)48-34-30-44-29-33-46(35-49(44)36-48)43-27-31-45(32-28-43)60-40-47-19-7-8-20-53(47)54-21-9-10-22-55(54)60;1-3-15-37(16-4-1)44-33-45(38-17-5-2-6-18-38)35-46(34-44)56-52-25-13-11-23-50(52)55(51-24-12-14-26-53(51)56)42-30-28-39-27-29-41(31-43(39)32-42)54-36-40-19-7-8-20-47(40)48-21-9-10-22-49(48)54/h1-40H;1-36H. The highest BCUT2D eigenvalue weighted by atomic mass is 14.3. The van der Waals surface area contributed by atoms with Gasteiger partial charge >= 0.3 is 0 Å². The predicted molar refractivity (Wildman–Crippen MR) is 508 cm³/mol. The summed E-state index contributed by atoms with van der Waals surface area (Å²) in [6.07, 6.45) is 0. The molecule has 0 aromatic heterocycles. The fourth-order valence-electron chi connectivity index (χ4n) is 18.8. The second kappa shape index (κ2) is 29.6. The van der Waals surface area contributed by atoms with Gasteiger partial charge in [0.1, 0.15) is 0 Å². The van der Waals surface area contributed by atoms with Crippen LogP contribution in [0.15, 0.2) is 461 Å². The van der Waals surface area contributed by atoms with Gasteiger partial charge in [-0.3, -0.25) is 0 Å². The highest BCUT2D eigenvalue weighted by Gasteiger charge is 2.23. The minimum Gasteiger partial charge on any atom is -0.0622 e. The molecule has 0 heteroatoms. The molecule has 0 nitrogen and oxygen atoms in total. The maximum Gasteiger partial charge on any atom is -0.00259 e. The SMILES string of the molecule is c1ccc(-c2cc(-c3ccccc3)cc(-c3c4ccccc4c(-c4ccc5ccc(-c6cc7ccccc7c7ccccc67)cc5c4)c4ccccc34)c2)cc1.c1ccc(-c2cc(-c3ccccc3)cc(-c3c4ccccc4c(-c4ccc5ccc(-c6ccc(-c7cc8ccccc8c8ccccc78)cc6)cc5c4)c4ccccc34)c2)cc1. The molecule has 0 heterocycles. The van der Waals surface area contributed by atoms with Gasteiger partial charge in [-0.1, -0.05) is 388 Å². The Kier molecular flexibility index (Phi) is 17.4. The van der Waals surface area contributed by atoms with Gasteiger partial charge in [-0.2, -0.15) is 0 Å². The number of fused-ring (bicyclic) bond motifs is 12. The summed E-state index contributed by atoms with van der Waals surface area (Å²) in [4.78, 5) is 0. The molecule has 23 aromatic carbocycles. The molecule has 23 aromatic rings. The first kappa shape index (κ1) is 69.4. The van der Waals surface area contributed by atoms with E-state index in [9.17, 15) is 0 Å². The van der Waals surface area contributed by atoms with Crippen LogP contribution in [0.5, 0.6) is 0 Å². The summed E-state index contributed by atoms with van der Waals surface area (Å²) in [5.41, 5.74) is 27.0. The molecule has 0 saturated heterocycles. The van der Waals surface area contributed by atoms with E-state index in [-0.39, 0.29) is 0 Å². The summed E-state index contributed by atoms with van der Waals surface area (Å²) >= 11 is 0. The largest absolute Gasteiger partial charge is 0.0622 e. The van der Waals surface area contributed by atoms with Crippen LogP contribution in [0, 0.1) is 0 Å². The van der Waals surface area contributed by atoms with Crippen molar-refractivity contribution < 1.29 is 0 Å². The molecule has 23 rings (SSSR count). The van der Waals surface area contributed by atoms with Gasteiger partial charge < -0.3 is 0 Å². The molecule has 118 heavy (non-hydrogen) atoms. The molecular weight excluding hydrogens is 1420 g/mol. The molecule has 0 fully saturated rings. The molecule has 0 spiro atoms. The molecule has 0 N–H and O–H groups in total. The van der Waals surface area contributed by atoms with Crippen LogP contribution in [0.4, 0.5) is 0 Å². The van der Waals surface area contributed by atoms with Crippen LogP contribution in [-0.2, 0) is 0 Å². The molecule has 0 radical (unpaired) electrons. The minimum atomic E-state index is 1.21. The quantitative estimate of drug-likeness (QED) is 0.0894. The molecule has 0 atom stereocenters. The predicted octanol–water partition coefficient (Wildman–Crippen LogP) is 33.2. The van der Waals surface area contributed by atoms with Gasteiger partial charge in [-0.15, -0.1) is 0 Å². The van der Waals surface area contributed by atoms with Gasteiger partial charge in [0.2, 0.25) is 0 Å². The summed E-state index contributed by atoms with van der Waals surface area (Å²) < 4.78 is 0. The first-order chi connectivity index (χ1) is 58.5. The van der Waals surface area contributed by atoms with Crippen molar-refractivity contribution in [3.05, 3.63) is 461 Å². The fourth-order valence-corrected chi connectivity index (χ4v) is 18.8. The van der Waals surface area contributed by atoms with Crippen LogP contribution in [0.2, 0.25) is 0 Å². The van der Waals surface area contributed by atoms with Crippen molar-refractivity contribution >= 4 is 108 Å². The third-order valence-corrected chi connectivity index (χ3v) is 24.4. The Morgan fingerprint density at radius 3 is 0.653 bits per heavy atom. The highest BCUT2D eigenvalue weighted by Crippen LogP contribution is 2.50. The number of rotatable bonds is 11. The van der Waals surface area contributed by atoms with Crippen molar-refractivity contribution in [3.63, 3.8) is 0 Å². The molecule has 0 saturated carbocycles. The summed E-state index contributed by atoms with van der Waals surface area (Å²) in [5.74, 6) is 0. The Hall–Kier alpha value is -15.3. The van der Waals surface area contributed by atoms with E-state index in [0.29, 0.717) is 0 Å². The van der Waals surface area contributed by atoms with Gasteiger partial charge in [-0.05, 0) is 303 Å². The Balaban J connectivity index is 0.000000143. The number of hydrogen-bond acceptors (Lipinski definition) is 0. The number of hydrogen-bond donors (Lipinski definition) is 0. The topological polar surface area (TPSA) is 0 Å². The van der Waals surface area contributed by atoms with Crippen molar-refractivity contribution in [2.45, 2.75) is 0 Å². The Bertz CT molecular complexity index is 7640. The van der Waals surface area contributed by atoms with Gasteiger partial charge in [0.05, 0.1) is 0 Å². The third-order valence-electron chi connectivity index (χ3n) is 24.4. The van der Waals surface area contributed by atoms with E-state index in [4.69, 9.17) is 0 Å². The van der Waals surface area contributed by atoms with Crippen molar-refractivity contribution in [3.8, 4) is 122 Å². The molecule has 0 amide bonds. The van der Waals surface area contributed by atoms with Crippen LogP contribution < -0.4 is 0 Å². The van der Waals surface area contributed by atoms with Crippen LogP contribution in [0.3, 0.4) is 0 Å². The Morgan fingerprint density at radius 2 is 0.305 bits per heavy atom. The summed E-state index contributed by atoms with van der Waals surface area (Å²) in [7, 11) is 0.